The van der Waals surface area contributed by atoms with Crippen LogP contribution in [0.2, 0.25) is 0 Å². The molecule has 3 rings (SSSR count). The fraction of sp³-hybridized carbons (Fsp3) is 0.375. The van der Waals surface area contributed by atoms with Crippen molar-refractivity contribution in [2.45, 2.75) is 26.2 Å². The summed E-state index contributed by atoms with van der Waals surface area (Å²) in [5.74, 6) is -0.423. The molecule has 0 unspecified atom stereocenters. The Morgan fingerprint density at radius 3 is 2.62 bits per heavy atom. The van der Waals surface area contributed by atoms with Crippen LogP contribution in [-0.2, 0) is 0 Å². The van der Waals surface area contributed by atoms with Gasteiger partial charge in [0.25, 0.3) is 6.01 Å². The van der Waals surface area contributed by atoms with Gasteiger partial charge in [0.2, 0.25) is 0 Å². The molecule has 21 heavy (non-hydrogen) atoms. The van der Waals surface area contributed by atoms with Crippen LogP contribution in [0, 0.1) is 0 Å². The Labute approximate surface area is 123 Å². The zero-order valence-corrected chi connectivity index (χ0v) is 12.2. The second-order valence-electron chi connectivity index (χ2n) is 5.56. The number of carboxylic acids is 1. The fourth-order valence-corrected chi connectivity index (χ4v) is 2.49. The van der Waals surface area contributed by atoms with Crippen molar-refractivity contribution in [3.05, 3.63) is 35.5 Å². The Bertz CT molecular complexity index is 672. The van der Waals surface area contributed by atoms with Crippen molar-refractivity contribution in [3.8, 4) is 11.3 Å². The first-order valence-corrected chi connectivity index (χ1v) is 7.16. The zero-order valence-electron chi connectivity index (χ0n) is 12.2. The molecule has 1 saturated heterocycles. The maximum Gasteiger partial charge on any atom is 0.358 e. The topological polar surface area (TPSA) is 66.6 Å². The van der Waals surface area contributed by atoms with Gasteiger partial charge >= 0.3 is 5.97 Å². The van der Waals surface area contributed by atoms with Gasteiger partial charge in [-0.3, -0.25) is 0 Å². The lowest BCUT2D eigenvalue weighted by Gasteiger charge is -2.28. The fourth-order valence-electron chi connectivity index (χ4n) is 2.49. The summed E-state index contributed by atoms with van der Waals surface area (Å²) < 4.78 is 5.79. The van der Waals surface area contributed by atoms with Crippen molar-refractivity contribution < 1.29 is 14.3 Å². The largest absolute Gasteiger partial charge is 0.476 e. The molecule has 1 aliphatic rings. The van der Waals surface area contributed by atoms with Crippen molar-refractivity contribution >= 4 is 12.0 Å². The lowest BCUT2D eigenvalue weighted by Crippen LogP contribution is -2.37. The van der Waals surface area contributed by atoms with Gasteiger partial charge in [-0.2, -0.15) is 4.98 Å². The van der Waals surface area contributed by atoms with Crippen LogP contribution < -0.4 is 4.90 Å². The Kier molecular flexibility index (Phi) is 3.41. The van der Waals surface area contributed by atoms with E-state index in [2.05, 4.69) is 18.8 Å². The average molecular weight is 286 g/mol. The highest BCUT2D eigenvalue weighted by molar-refractivity contribution is 5.93. The van der Waals surface area contributed by atoms with Gasteiger partial charge in [0.1, 0.15) is 0 Å². The number of anilines is 1. The minimum absolute atomic E-state index is 0.00926. The smallest absolute Gasteiger partial charge is 0.358 e. The predicted octanol–water partition coefficient (Wildman–Crippen LogP) is 3.37. The van der Waals surface area contributed by atoms with Crippen LogP contribution in [-0.4, -0.2) is 29.1 Å². The third-order valence-corrected chi connectivity index (χ3v) is 3.77. The number of rotatable bonds is 4. The van der Waals surface area contributed by atoms with E-state index in [4.69, 9.17) is 4.42 Å². The summed E-state index contributed by atoms with van der Waals surface area (Å²) in [5, 5.41) is 9.40. The molecular weight excluding hydrogens is 268 g/mol. The van der Waals surface area contributed by atoms with Crippen LogP contribution in [0.4, 0.5) is 6.01 Å². The SMILES string of the molecule is CC(C)c1ccccc1-c1oc(N2CCC2)nc1C(=O)O. The van der Waals surface area contributed by atoms with Crippen LogP contribution in [0.15, 0.2) is 28.7 Å². The van der Waals surface area contributed by atoms with Gasteiger partial charge in [-0.05, 0) is 17.9 Å². The van der Waals surface area contributed by atoms with E-state index in [1.807, 2.05) is 29.2 Å². The molecule has 0 bridgehead atoms. The molecule has 2 heterocycles. The summed E-state index contributed by atoms with van der Waals surface area (Å²) in [7, 11) is 0. The molecule has 0 spiro atoms. The van der Waals surface area contributed by atoms with Gasteiger partial charge in [0.05, 0.1) is 0 Å². The van der Waals surface area contributed by atoms with Gasteiger partial charge < -0.3 is 14.4 Å². The van der Waals surface area contributed by atoms with Crippen molar-refractivity contribution in [1.82, 2.24) is 4.98 Å². The van der Waals surface area contributed by atoms with Gasteiger partial charge in [0, 0.05) is 18.7 Å². The van der Waals surface area contributed by atoms with Crippen LogP contribution in [0.1, 0.15) is 42.2 Å². The molecule has 2 aromatic rings. The van der Waals surface area contributed by atoms with Gasteiger partial charge in [-0.15, -0.1) is 0 Å². The molecule has 0 aliphatic carbocycles. The molecule has 0 atom stereocenters. The molecule has 1 fully saturated rings. The average Bonchev–Trinajstić information content (AvgIpc) is 2.81. The molecule has 5 nitrogen and oxygen atoms in total. The first-order valence-electron chi connectivity index (χ1n) is 7.16. The summed E-state index contributed by atoms with van der Waals surface area (Å²) in [6.45, 7) is 5.88. The van der Waals surface area contributed by atoms with E-state index in [1.165, 1.54) is 0 Å². The standard InChI is InChI=1S/C16H18N2O3/c1-10(2)11-6-3-4-7-12(11)14-13(15(19)20)17-16(21-14)18-8-5-9-18/h3-4,6-7,10H,5,8-9H2,1-2H3,(H,19,20). The molecule has 0 saturated carbocycles. The van der Waals surface area contributed by atoms with E-state index < -0.39 is 5.97 Å². The second-order valence-corrected chi connectivity index (χ2v) is 5.56. The number of carbonyl (C=O) groups is 1. The highest BCUT2D eigenvalue weighted by atomic mass is 16.4. The number of aromatic nitrogens is 1. The summed E-state index contributed by atoms with van der Waals surface area (Å²) >= 11 is 0. The first-order chi connectivity index (χ1) is 10.1. The van der Waals surface area contributed by atoms with Crippen LogP contribution in [0.5, 0.6) is 0 Å². The highest BCUT2D eigenvalue weighted by Crippen LogP contribution is 2.35. The van der Waals surface area contributed by atoms with Crippen LogP contribution in [0.25, 0.3) is 11.3 Å². The van der Waals surface area contributed by atoms with Crippen LogP contribution >= 0.6 is 0 Å². The molecule has 110 valence electrons. The Morgan fingerprint density at radius 1 is 1.33 bits per heavy atom. The van der Waals surface area contributed by atoms with Crippen molar-refractivity contribution in [3.63, 3.8) is 0 Å². The summed E-state index contributed by atoms with van der Waals surface area (Å²) in [6.07, 6.45) is 1.09. The Morgan fingerprint density at radius 2 is 2.05 bits per heavy atom. The molecular formula is C16H18N2O3. The van der Waals surface area contributed by atoms with Crippen LogP contribution in [0.3, 0.4) is 0 Å². The lowest BCUT2D eigenvalue weighted by molar-refractivity contribution is 0.0691. The summed E-state index contributed by atoms with van der Waals surface area (Å²) in [6, 6.07) is 8.14. The van der Waals surface area contributed by atoms with E-state index in [0.717, 1.165) is 30.6 Å². The highest BCUT2D eigenvalue weighted by Gasteiger charge is 2.27. The number of hydrogen-bond acceptors (Lipinski definition) is 4. The maximum absolute atomic E-state index is 11.5. The van der Waals surface area contributed by atoms with E-state index >= 15 is 0 Å². The molecule has 1 aromatic heterocycles. The number of aromatic carboxylic acids is 1. The van der Waals surface area contributed by atoms with Crippen molar-refractivity contribution in [2.75, 3.05) is 18.0 Å². The number of carboxylic acid groups (broad SMARTS) is 1. The normalized spacial score (nSPS) is 14.3. The van der Waals surface area contributed by atoms with E-state index in [-0.39, 0.29) is 11.6 Å². The third-order valence-electron chi connectivity index (χ3n) is 3.77. The monoisotopic (exact) mass is 286 g/mol. The zero-order chi connectivity index (χ0) is 15.0. The second kappa shape index (κ2) is 5.24. The van der Waals surface area contributed by atoms with Gasteiger partial charge in [-0.1, -0.05) is 38.1 Å². The number of nitrogens with zero attached hydrogens (tertiary/aromatic N) is 2. The molecule has 1 aliphatic heterocycles. The molecule has 0 radical (unpaired) electrons. The number of benzene rings is 1. The van der Waals surface area contributed by atoms with E-state index in [0.29, 0.717) is 11.8 Å². The number of oxazole rings is 1. The summed E-state index contributed by atoms with van der Waals surface area (Å²) in [4.78, 5) is 17.6. The van der Waals surface area contributed by atoms with E-state index in [1.54, 1.807) is 0 Å². The van der Waals surface area contributed by atoms with Gasteiger partial charge in [-0.25, -0.2) is 4.79 Å². The molecule has 1 aromatic carbocycles. The van der Waals surface area contributed by atoms with Gasteiger partial charge in [0.15, 0.2) is 11.5 Å². The van der Waals surface area contributed by atoms with Crippen molar-refractivity contribution in [2.24, 2.45) is 0 Å². The molecule has 0 amide bonds. The minimum atomic E-state index is -1.06. The Balaban J connectivity index is 2.12. The van der Waals surface area contributed by atoms with E-state index in [9.17, 15) is 9.90 Å². The Hall–Kier alpha value is -2.30. The predicted molar refractivity (Wildman–Crippen MR) is 79.8 cm³/mol. The quantitative estimate of drug-likeness (QED) is 0.933. The maximum atomic E-state index is 11.5. The summed E-state index contributed by atoms with van der Waals surface area (Å²) in [5.41, 5.74) is 1.86. The third kappa shape index (κ3) is 2.39. The minimum Gasteiger partial charge on any atom is -0.476 e. The molecule has 5 heteroatoms. The lowest BCUT2D eigenvalue weighted by atomic mass is 9.95. The first kappa shape index (κ1) is 13.7. The van der Waals surface area contributed by atoms with Crippen molar-refractivity contribution in [1.29, 1.82) is 0 Å². The molecule has 1 N–H and O–H groups in total. The number of hydrogen-bond donors (Lipinski definition) is 1.